The van der Waals surface area contributed by atoms with Crippen LogP contribution in [0.1, 0.15) is 48.9 Å². The zero-order chi connectivity index (χ0) is 19.5. The van der Waals surface area contributed by atoms with E-state index in [0.717, 1.165) is 64.7 Å². The minimum Gasteiger partial charge on any atom is -0.496 e. The number of nitrogens with zero attached hydrogens (tertiary/aromatic N) is 2. The molecule has 3 fully saturated rings. The largest absolute Gasteiger partial charge is 0.496 e. The fourth-order valence-electron chi connectivity index (χ4n) is 4.52. The SMILES string of the molecule is COc1ccccc1C(=O)N1CCC(N2CCC[C@H](C(=O)NC3CC3)C2)CC1. The molecule has 0 radical (unpaired) electrons. The molecule has 1 atom stereocenters. The van der Waals surface area contributed by atoms with Crippen LogP contribution < -0.4 is 10.1 Å². The van der Waals surface area contributed by atoms with Crippen molar-refractivity contribution in [3.8, 4) is 5.75 Å². The summed E-state index contributed by atoms with van der Waals surface area (Å²) in [7, 11) is 1.60. The first kappa shape index (κ1) is 19.2. The highest BCUT2D eigenvalue weighted by Gasteiger charge is 2.34. The van der Waals surface area contributed by atoms with E-state index in [1.54, 1.807) is 7.11 Å². The maximum absolute atomic E-state index is 12.9. The van der Waals surface area contributed by atoms with Crippen LogP contribution in [-0.2, 0) is 4.79 Å². The van der Waals surface area contributed by atoms with Crippen molar-refractivity contribution >= 4 is 11.8 Å². The first-order valence-electron chi connectivity index (χ1n) is 10.6. The molecule has 6 nitrogen and oxygen atoms in total. The number of rotatable bonds is 5. The third-order valence-corrected chi connectivity index (χ3v) is 6.35. The lowest BCUT2D eigenvalue weighted by Gasteiger charge is -2.42. The summed E-state index contributed by atoms with van der Waals surface area (Å²) >= 11 is 0. The number of benzene rings is 1. The van der Waals surface area contributed by atoms with Crippen molar-refractivity contribution in [2.75, 3.05) is 33.3 Å². The number of methoxy groups -OCH3 is 1. The first-order valence-corrected chi connectivity index (χ1v) is 10.6. The molecule has 0 spiro atoms. The molecule has 2 amide bonds. The van der Waals surface area contributed by atoms with E-state index in [4.69, 9.17) is 4.74 Å². The van der Waals surface area contributed by atoms with Crippen molar-refractivity contribution < 1.29 is 14.3 Å². The second-order valence-corrected chi connectivity index (χ2v) is 8.34. The summed E-state index contributed by atoms with van der Waals surface area (Å²) in [6, 6.07) is 8.34. The Labute approximate surface area is 167 Å². The van der Waals surface area contributed by atoms with Crippen molar-refractivity contribution in [3.05, 3.63) is 29.8 Å². The molecule has 3 aliphatic rings. The maximum Gasteiger partial charge on any atom is 0.257 e. The van der Waals surface area contributed by atoms with Crippen LogP contribution in [0.15, 0.2) is 24.3 Å². The highest BCUT2D eigenvalue weighted by Crippen LogP contribution is 2.27. The van der Waals surface area contributed by atoms with Crippen LogP contribution in [0.25, 0.3) is 0 Å². The smallest absolute Gasteiger partial charge is 0.257 e. The second kappa shape index (κ2) is 8.52. The summed E-state index contributed by atoms with van der Waals surface area (Å²) in [6.45, 7) is 3.45. The van der Waals surface area contributed by atoms with Crippen LogP contribution in [0.2, 0.25) is 0 Å². The van der Waals surface area contributed by atoms with Crippen molar-refractivity contribution in [1.29, 1.82) is 0 Å². The molecule has 2 heterocycles. The van der Waals surface area contributed by atoms with Gasteiger partial charge in [-0.25, -0.2) is 0 Å². The maximum atomic E-state index is 12.9. The number of para-hydroxylation sites is 1. The molecular weight excluding hydrogens is 354 g/mol. The van der Waals surface area contributed by atoms with E-state index in [1.165, 1.54) is 0 Å². The monoisotopic (exact) mass is 385 g/mol. The number of nitrogens with one attached hydrogen (secondary N) is 1. The highest BCUT2D eigenvalue weighted by molar-refractivity contribution is 5.97. The van der Waals surface area contributed by atoms with Crippen LogP contribution in [0.4, 0.5) is 0 Å². The van der Waals surface area contributed by atoms with Gasteiger partial charge in [0.1, 0.15) is 5.75 Å². The number of likely N-dealkylation sites (tertiary alicyclic amines) is 2. The van der Waals surface area contributed by atoms with Gasteiger partial charge < -0.3 is 15.0 Å². The summed E-state index contributed by atoms with van der Waals surface area (Å²) in [5.74, 6) is 1.06. The Balaban J connectivity index is 1.31. The number of amides is 2. The summed E-state index contributed by atoms with van der Waals surface area (Å²) in [4.78, 5) is 29.8. The zero-order valence-electron chi connectivity index (χ0n) is 16.7. The lowest BCUT2D eigenvalue weighted by molar-refractivity contribution is -0.127. The van der Waals surface area contributed by atoms with Gasteiger partial charge in [-0.3, -0.25) is 14.5 Å². The van der Waals surface area contributed by atoms with E-state index in [-0.39, 0.29) is 17.7 Å². The molecule has 2 aliphatic heterocycles. The Morgan fingerprint density at radius 2 is 1.79 bits per heavy atom. The van der Waals surface area contributed by atoms with Crippen LogP contribution in [0.3, 0.4) is 0 Å². The van der Waals surface area contributed by atoms with E-state index in [9.17, 15) is 9.59 Å². The van der Waals surface area contributed by atoms with E-state index < -0.39 is 0 Å². The average Bonchev–Trinajstić information content (AvgIpc) is 3.57. The molecule has 1 aromatic carbocycles. The van der Waals surface area contributed by atoms with Gasteiger partial charge in [-0.15, -0.1) is 0 Å². The Hall–Kier alpha value is -2.08. The fourth-order valence-corrected chi connectivity index (χ4v) is 4.52. The van der Waals surface area contributed by atoms with Crippen LogP contribution >= 0.6 is 0 Å². The van der Waals surface area contributed by atoms with E-state index in [2.05, 4.69) is 10.2 Å². The Kier molecular flexibility index (Phi) is 5.85. The fraction of sp³-hybridized carbons (Fsp3) is 0.636. The Morgan fingerprint density at radius 3 is 2.50 bits per heavy atom. The summed E-state index contributed by atoms with van der Waals surface area (Å²) in [5.41, 5.74) is 0.637. The Morgan fingerprint density at radius 1 is 1.04 bits per heavy atom. The molecule has 0 unspecified atom stereocenters. The lowest BCUT2D eigenvalue weighted by Crippen LogP contribution is -2.51. The predicted molar refractivity (Wildman–Crippen MR) is 107 cm³/mol. The summed E-state index contributed by atoms with van der Waals surface area (Å²) < 4.78 is 5.35. The highest BCUT2D eigenvalue weighted by atomic mass is 16.5. The van der Waals surface area contributed by atoms with Gasteiger partial charge in [0.2, 0.25) is 5.91 Å². The second-order valence-electron chi connectivity index (χ2n) is 8.34. The molecule has 1 aliphatic carbocycles. The number of hydrogen-bond donors (Lipinski definition) is 1. The van der Waals surface area contributed by atoms with Crippen molar-refractivity contribution in [3.63, 3.8) is 0 Å². The zero-order valence-corrected chi connectivity index (χ0v) is 16.7. The minimum absolute atomic E-state index is 0.0521. The summed E-state index contributed by atoms with van der Waals surface area (Å²) in [6.07, 6.45) is 6.31. The third-order valence-electron chi connectivity index (χ3n) is 6.35. The molecule has 152 valence electrons. The molecule has 6 heteroatoms. The molecule has 1 saturated carbocycles. The first-order chi connectivity index (χ1) is 13.7. The van der Waals surface area contributed by atoms with E-state index in [1.807, 2.05) is 29.2 Å². The topological polar surface area (TPSA) is 61.9 Å². The number of hydrogen-bond acceptors (Lipinski definition) is 4. The minimum atomic E-state index is 0.0521. The van der Waals surface area contributed by atoms with E-state index >= 15 is 0 Å². The van der Waals surface area contributed by atoms with Crippen LogP contribution in [0, 0.1) is 5.92 Å². The molecular formula is C22H31N3O3. The predicted octanol–water partition coefficient (Wildman–Crippen LogP) is 2.29. The Bertz CT molecular complexity index is 711. The van der Waals surface area contributed by atoms with Gasteiger partial charge in [0.15, 0.2) is 0 Å². The third kappa shape index (κ3) is 4.32. The van der Waals surface area contributed by atoms with Crippen LogP contribution in [-0.4, -0.2) is 67.0 Å². The quantitative estimate of drug-likeness (QED) is 0.845. The number of ether oxygens (including phenoxy) is 1. The van der Waals surface area contributed by atoms with Gasteiger partial charge in [-0.1, -0.05) is 12.1 Å². The molecule has 0 bridgehead atoms. The molecule has 1 aromatic rings. The molecule has 4 rings (SSSR count). The normalized spacial score (nSPS) is 24.0. The number of carbonyl (C=O) groups excluding carboxylic acids is 2. The average molecular weight is 386 g/mol. The van der Waals surface area contributed by atoms with Crippen molar-refractivity contribution in [2.45, 2.75) is 50.6 Å². The van der Waals surface area contributed by atoms with Crippen molar-refractivity contribution in [2.24, 2.45) is 5.92 Å². The number of piperidine rings is 2. The van der Waals surface area contributed by atoms with E-state index in [0.29, 0.717) is 23.4 Å². The van der Waals surface area contributed by atoms with Crippen LogP contribution in [0.5, 0.6) is 5.75 Å². The number of carbonyl (C=O) groups is 2. The van der Waals surface area contributed by atoms with Gasteiger partial charge in [-0.05, 0) is 57.2 Å². The molecule has 2 saturated heterocycles. The molecule has 28 heavy (non-hydrogen) atoms. The van der Waals surface area contributed by atoms with Gasteiger partial charge >= 0.3 is 0 Å². The summed E-state index contributed by atoms with van der Waals surface area (Å²) in [5, 5.41) is 3.17. The van der Waals surface area contributed by atoms with Crippen molar-refractivity contribution in [1.82, 2.24) is 15.1 Å². The van der Waals surface area contributed by atoms with Gasteiger partial charge in [0.05, 0.1) is 18.6 Å². The van der Waals surface area contributed by atoms with Gasteiger partial charge in [0.25, 0.3) is 5.91 Å². The van der Waals surface area contributed by atoms with Gasteiger partial charge in [-0.2, -0.15) is 0 Å². The molecule has 1 N–H and O–H groups in total. The van der Waals surface area contributed by atoms with Gasteiger partial charge in [0, 0.05) is 31.7 Å². The standard InChI is InChI=1S/C22H31N3O3/c1-28-20-7-3-2-6-19(20)22(27)24-13-10-18(11-14-24)25-12-4-5-16(15-25)21(26)23-17-8-9-17/h2-3,6-7,16-18H,4-5,8-15H2,1H3,(H,23,26)/t16-/m0/s1. The molecule has 0 aromatic heterocycles. The lowest BCUT2D eigenvalue weighted by atomic mass is 9.93.